The van der Waals surface area contributed by atoms with E-state index in [0.29, 0.717) is 18.1 Å². The van der Waals surface area contributed by atoms with Crippen molar-refractivity contribution in [3.63, 3.8) is 0 Å². The Kier molecular flexibility index (Phi) is 3.54. The molecular formula is C13H18O3S. The van der Waals surface area contributed by atoms with Crippen molar-refractivity contribution in [1.29, 1.82) is 0 Å². The van der Waals surface area contributed by atoms with Gasteiger partial charge in [0.15, 0.2) is 9.84 Å². The van der Waals surface area contributed by atoms with Crippen molar-refractivity contribution in [2.75, 3.05) is 13.2 Å². The van der Waals surface area contributed by atoms with Crippen molar-refractivity contribution < 1.29 is 13.2 Å². The predicted octanol–water partition coefficient (Wildman–Crippen LogP) is 2.19. The molecule has 0 radical (unpaired) electrons. The zero-order chi connectivity index (χ0) is 12.5. The summed E-state index contributed by atoms with van der Waals surface area (Å²) in [5, 5.41) is -0.379. The molecule has 1 aliphatic heterocycles. The topological polar surface area (TPSA) is 43.4 Å². The van der Waals surface area contributed by atoms with Crippen molar-refractivity contribution >= 4 is 9.84 Å². The molecule has 0 saturated carbocycles. The van der Waals surface area contributed by atoms with Crippen LogP contribution in [0.3, 0.4) is 0 Å². The highest BCUT2D eigenvalue weighted by atomic mass is 32.2. The van der Waals surface area contributed by atoms with Gasteiger partial charge in [-0.05, 0) is 25.5 Å². The number of aryl methyl sites for hydroxylation is 1. The average molecular weight is 254 g/mol. The first-order valence-electron chi connectivity index (χ1n) is 5.94. The van der Waals surface area contributed by atoms with Gasteiger partial charge in [-0.3, -0.25) is 0 Å². The van der Waals surface area contributed by atoms with Crippen LogP contribution in [0, 0.1) is 12.8 Å². The zero-order valence-corrected chi connectivity index (χ0v) is 11.0. The second-order valence-electron chi connectivity index (χ2n) is 4.60. The molecule has 0 spiro atoms. The van der Waals surface area contributed by atoms with Crippen LogP contribution in [0.1, 0.15) is 18.9 Å². The van der Waals surface area contributed by atoms with E-state index in [-0.39, 0.29) is 11.2 Å². The van der Waals surface area contributed by atoms with Crippen LogP contribution in [0.25, 0.3) is 0 Å². The lowest BCUT2D eigenvalue weighted by atomic mass is 10.1. The zero-order valence-electron chi connectivity index (χ0n) is 10.2. The maximum atomic E-state index is 12.4. The molecule has 0 aromatic heterocycles. The second-order valence-corrected chi connectivity index (χ2v) is 6.77. The van der Waals surface area contributed by atoms with Gasteiger partial charge in [0.05, 0.1) is 23.4 Å². The molecule has 0 unspecified atom stereocenters. The highest BCUT2D eigenvalue weighted by molar-refractivity contribution is 7.92. The maximum absolute atomic E-state index is 12.4. The van der Waals surface area contributed by atoms with Crippen LogP contribution in [0.2, 0.25) is 0 Å². The Bertz CT molecular complexity index is 476. The quantitative estimate of drug-likeness (QED) is 0.830. The lowest BCUT2D eigenvalue weighted by molar-refractivity contribution is 0.185. The van der Waals surface area contributed by atoms with E-state index in [4.69, 9.17) is 4.74 Å². The standard InChI is InChI=1S/C13H18O3S/c1-3-11-8-16-9-13(11)17(14,15)12-6-4-10(2)5-7-12/h4-7,11,13H,3,8-9H2,1-2H3/t11-,13-/m0/s1. The number of sulfone groups is 1. The minimum absolute atomic E-state index is 0.126. The van der Waals surface area contributed by atoms with E-state index in [0.717, 1.165) is 12.0 Å². The molecule has 0 aliphatic carbocycles. The normalized spacial score (nSPS) is 25.1. The first-order chi connectivity index (χ1) is 8.05. The Hall–Kier alpha value is -0.870. The SMILES string of the molecule is CC[C@H]1COC[C@@H]1S(=O)(=O)c1ccc(C)cc1. The first-order valence-corrected chi connectivity index (χ1v) is 7.48. The molecule has 94 valence electrons. The van der Waals surface area contributed by atoms with Crippen molar-refractivity contribution in [2.45, 2.75) is 30.4 Å². The molecule has 17 heavy (non-hydrogen) atoms. The van der Waals surface area contributed by atoms with Gasteiger partial charge >= 0.3 is 0 Å². The average Bonchev–Trinajstić information content (AvgIpc) is 2.78. The smallest absolute Gasteiger partial charge is 0.183 e. The lowest BCUT2D eigenvalue weighted by Gasteiger charge is -2.16. The molecule has 1 heterocycles. The molecule has 0 bridgehead atoms. The van der Waals surface area contributed by atoms with Crippen molar-refractivity contribution in [3.05, 3.63) is 29.8 Å². The highest BCUT2D eigenvalue weighted by Gasteiger charge is 2.38. The summed E-state index contributed by atoms with van der Waals surface area (Å²) in [6, 6.07) is 7.05. The molecule has 1 aromatic carbocycles. The Labute approximate surface area is 103 Å². The van der Waals surface area contributed by atoms with Gasteiger partial charge < -0.3 is 4.74 Å². The number of rotatable bonds is 3. The summed E-state index contributed by atoms with van der Waals surface area (Å²) in [6.45, 7) is 4.85. The minimum Gasteiger partial charge on any atom is -0.380 e. The Balaban J connectivity index is 2.33. The van der Waals surface area contributed by atoms with Crippen LogP contribution >= 0.6 is 0 Å². The summed E-state index contributed by atoms with van der Waals surface area (Å²) in [6.07, 6.45) is 0.843. The Morgan fingerprint density at radius 1 is 1.24 bits per heavy atom. The molecule has 3 nitrogen and oxygen atoms in total. The summed E-state index contributed by atoms with van der Waals surface area (Å²) in [7, 11) is -3.24. The van der Waals surface area contributed by atoms with Gasteiger partial charge in [-0.15, -0.1) is 0 Å². The van der Waals surface area contributed by atoms with Crippen LogP contribution in [0.15, 0.2) is 29.2 Å². The van der Waals surface area contributed by atoms with Gasteiger partial charge in [-0.2, -0.15) is 0 Å². The van der Waals surface area contributed by atoms with Crippen molar-refractivity contribution in [2.24, 2.45) is 5.92 Å². The van der Waals surface area contributed by atoms with Gasteiger partial charge in [-0.1, -0.05) is 24.6 Å². The van der Waals surface area contributed by atoms with Gasteiger partial charge in [-0.25, -0.2) is 8.42 Å². The van der Waals surface area contributed by atoms with Crippen LogP contribution in [0.4, 0.5) is 0 Å². The van der Waals surface area contributed by atoms with Gasteiger partial charge in [0.1, 0.15) is 0 Å². The summed E-state index contributed by atoms with van der Waals surface area (Å²) >= 11 is 0. The summed E-state index contributed by atoms with van der Waals surface area (Å²) in [5.74, 6) is 0.126. The van der Waals surface area contributed by atoms with E-state index < -0.39 is 9.84 Å². The van der Waals surface area contributed by atoms with Gasteiger partial charge in [0.25, 0.3) is 0 Å². The van der Waals surface area contributed by atoms with Gasteiger partial charge in [0, 0.05) is 5.92 Å². The van der Waals surface area contributed by atoms with E-state index in [1.165, 1.54) is 0 Å². The molecule has 1 aliphatic rings. The largest absolute Gasteiger partial charge is 0.380 e. The molecular weight excluding hydrogens is 236 g/mol. The third-order valence-electron chi connectivity index (χ3n) is 3.41. The summed E-state index contributed by atoms with van der Waals surface area (Å²) < 4.78 is 30.2. The molecule has 1 aromatic rings. The summed E-state index contributed by atoms with van der Waals surface area (Å²) in [4.78, 5) is 0.414. The fraction of sp³-hybridized carbons (Fsp3) is 0.538. The lowest BCUT2D eigenvalue weighted by Crippen LogP contribution is -2.28. The Morgan fingerprint density at radius 2 is 1.88 bits per heavy atom. The number of ether oxygens (including phenoxy) is 1. The second kappa shape index (κ2) is 4.78. The van der Waals surface area contributed by atoms with Crippen molar-refractivity contribution in [3.8, 4) is 0 Å². The molecule has 1 fully saturated rings. The van der Waals surface area contributed by atoms with Crippen LogP contribution in [0.5, 0.6) is 0 Å². The molecule has 0 N–H and O–H groups in total. The van der Waals surface area contributed by atoms with E-state index in [9.17, 15) is 8.42 Å². The molecule has 0 amide bonds. The third kappa shape index (κ3) is 2.38. The molecule has 4 heteroatoms. The monoisotopic (exact) mass is 254 g/mol. The van der Waals surface area contributed by atoms with Crippen LogP contribution in [-0.2, 0) is 14.6 Å². The van der Waals surface area contributed by atoms with Gasteiger partial charge in [0.2, 0.25) is 0 Å². The highest BCUT2D eigenvalue weighted by Crippen LogP contribution is 2.28. The fourth-order valence-corrected chi connectivity index (χ4v) is 4.12. The van der Waals surface area contributed by atoms with Crippen LogP contribution in [-0.4, -0.2) is 26.9 Å². The first kappa shape index (κ1) is 12.6. The molecule has 2 rings (SSSR count). The maximum Gasteiger partial charge on any atom is 0.183 e. The van der Waals surface area contributed by atoms with E-state index in [1.807, 2.05) is 26.0 Å². The van der Waals surface area contributed by atoms with E-state index >= 15 is 0 Å². The van der Waals surface area contributed by atoms with E-state index in [2.05, 4.69) is 0 Å². The Morgan fingerprint density at radius 3 is 2.47 bits per heavy atom. The summed E-state index contributed by atoms with van der Waals surface area (Å²) in [5.41, 5.74) is 1.07. The van der Waals surface area contributed by atoms with Crippen molar-refractivity contribution in [1.82, 2.24) is 0 Å². The molecule has 2 atom stereocenters. The number of benzene rings is 1. The van der Waals surface area contributed by atoms with Crippen LogP contribution < -0.4 is 0 Å². The number of hydrogen-bond acceptors (Lipinski definition) is 3. The third-order valence-corrected chi connectivity index (χ3v) is 5.66. The fourth-order valence-electron chi connectivity index (χ4n) is 2.21. The van der Waals surface area contributed by atoms with E-state index in [1.54, 1.807) is 12.1 Å². The molecule has 1 saturated heterocycles. The number of hydrogen-bond donors (Lipinski definition) is 0. The predicted molar refractivity (Wildman–Crippen MR) is 66.8 cm³/mol. The minimum atomic E-state index is -3.24.